The number of carbonyl (C=O) groups is 2. The van der Waals surface area contributed by atoms with E-state index in [0.717, 1.165) is 0 Å². The fraction of sp³-hybridized carbons (Fsp3) is 0.625. The number of hydrogen-bond acceptors (Lipinski definition) is 4. The molecule has 0 aliphatic carbocycles. The van der Waals surface area contributed by atoms with E-state index in [-0.39, 0.29) is 12.0 Å². The first-order valence-corrected chi connectivity index (χ1v) is 7.49. The van der Waals surface area contributed by atoms with E-state index < -0.39 is 17.7 Å². The number of nitrogens with one attached hydrogen (secondary N) is 2. The number of rotatable bonds is 5. The van der Waals surface area contributed by atoms with Crippen LogP contribution in [0.25, 0.3) is 0 Å². The topological polar surface area (TPSA) is 80.4 Å². The van der Waals surface area contributed by atoms with E-state index in [9.17, 15) is 9.59 Å². The number of alkyl carbamates (subject to hydrolysis) is 1. The molecular weight excluding hydrogens is 284 g/mol. The van der Waals surface area contributed by atoms with Gasteiger partial charge in [-0.2, -0.15) is 0 Å². The van der Waals surface area contributed by atoms with Gasteiger partial charge in [0.1, 0.15) is 5.60 Å². The Bertz CT molecular complexity index is 514. The van der Waals surface area contributed by atoms with Crippen molar-refractivity contribution in [1.29, 1.82) is 0 Å². The summed E-state index contributed by atoms with van der Waals surface area (Å²) in [7, 11) is 0. The lowest BCUT2D eigenvalue weighted by molar-refractivity contribution is 0.0475. The van der Waals surface area contributed by atoms with Crippen LogP contribution in [0.5, 0.6) is 0 Å². The van der Waals surface area contributed by atoms with E-state index in [0.29, 0.717) is 17.7 Å². The Kier molecular flexibility index (Phi) is 6.02. The zero-order valence-corrected chi connectivity index (χ0v) is 14.1. The predicted molar refractivity (Wildman–Crippen MR) is 83.7 cm³/mol. The molecule has 124 valence electrons. The average molecular weight is 310 g/mol. The first-order chi connectivity index (χ1) is 10.2. The molecule has 1 aromatic rings. The van der Waals surface area contributed by atoms with Crippen molar-refractivity contribution in [3.63, 3.8) is 0 Å². The molecule has 6 nitrogen and oxygen atoms in total. The van der Waals surface area contributed by atoms with Crippen LogP contribution in [-0.4, -0.2) is 29.3 Å². The number of aromatic amines is 1. The summed E-state index contributed by atoms with van der Waals surface area (Å²) in [6.07, 6.45) is 2.77. The minimum atomic E-state index is -0.576. The third kappa shape index (κ3) is 5.09. The van der Waals surface area contributed by atoms with E-state index in [4.69, 9.17) is 9.47 Å². The number of carbonyl (C=O) groups excluding carboxylic acids is 2. The van der Waals surface area contributed by atoms with Crippen LogP contribution in [0, 0.1) is 5.92 Å². The molecule has 6 heteroatoms. The van der Waals surface area contributed by atoms with Crippen LogP contribution in [0.4, 0.5) is 4.79 Å². The van der Waals surface area contributed by atoms with Crippen LogP contribution < -0.4 is 5.32 Å². The van der Waals surface area contributed by atoms with Gasteiger partial charge in [-0.1, -0.05) is 13.8 Å². The second-order valence-electron chi connectivity index (χ2n) is 6.41. The van der Waals surface area contributed by atoms with E-state index in [1.165, 1.54) is 0 Å². The molecule has 1 amide bonds. The van der Waals surface area contributed by atoms with Gasteiger partial charge < -0.3 is 19.8 Å². The smallest absolute Gasteiger partial charge is 0.408 e. The molecule has 0 saturated heterocycles. The first-order valence-electron chi connectivity index (χ1n) is 7.49. The van der Waals surface area contributed by atoms with Crippen LogP contribution in [0.3, 0.4) is 0 Å². The predicted octanol–water partition coefficient (Wildman–Crippen LogP) is 3.41. The van der Waals surface area contributed by atoms with E-state index >= 15 is 0 Å². The van der Waals surface area contributed by atoms with Gasteiger partial charge >= 0.3 is 12.1 Å². The maximum Gasteiger partial charge on any atom is 0.408 e. The van der Waals surface area contributed by atoms with Crippen LogP contribution in [0.1, 0.15) is 63.5 Å². The molecule has 22 heavy (non-hydrogen) atoms. The summed E-state index contributed by atoms with van der Waals surface area (Å²) in [5.74, 6) is -0.327. The Labute approximate surface area is 131 Å². The molecule has 0 bridgehead atoms. The van der Waals surface area contributed by atoms with Crippen molar-refractivity contribution < 1.29 is 19.1 Å². The van der Waals surface area contributed by atoms with E-state index in [1.54, 1.807) is 40.1 Å². The molecule has 0 aromatic carbocycles. The molecule has 0 saturated carbocycles. The minimum absolute atomic E-state index is 0.0801. The van der Waals surface area contributed by atoms with Crippen molar-refractivity contribution in [3.8, 4) is 0 Å². The Balaban J connectivity index is 2.95. The summed E-state index contributed by atoms with van der Waals surface area (Å²) in [5.41, 5.74) is 0.546. The SMILES string of the molecule is CCOC(=O)c1c[nH]cc1[C@@H](NC(=O)OC(C)(C)C)C(C)C. The summed E-state index contributed by atoms with van der Waals surface area (Å²) in [6.45, 7) is 11.4. The quantitative estimate of drug-likeness (QED) is 0.817. The molecule has 0 aliphatic heterocycles. The lowest BCUT2D eigenvalue weighted by Crippen LogP contribution is -2.37. The molecule has 1 rings (SSSR count). The Morgan fingerprint density at radius 2 is 1.91 bits per heavy atom. The number of aromatic nitrogens is 1. The van der Waals surface area contributed by atoms with E-state index in [1.807, 2.05) is 13.8 Å². The molecule has 0 radical (unpaired) electrons. The first kappa shape index (κ1) is 18.1. The molecule has 1 heterocycles. The highest BCUT2D eigenvalue weighted by molar-refractivity contribution is 5.91. The molecule has 0 spiro atoms. The molecule has 0 fully saturated rings. The maximum atomic E-state index is 12.0. The molecule has 0 aliphatic rings. The monoisotopic (exact) mass is 310 g/mol. The van der Waals surface area contributed by atoms with Gasteiger partial charge in [-0.05, 0) is 33.6 Å². The molecule has 1 atom stereocenters. The van der Waals surface area contributed by atoms with Crippen molar-refractivity contribution in [2.75, 3.05) is 6.61 Å². The standard InChI is InChI=1S/C16H26N2O4/c1-7-21-14(19)12-9-17-8-11(12)13(10(2)3)18-15(20)22-16(4,5)6/h8-10,13,17H,7H2,1-6H3,(H,18,20)/t13-/m0/s1. The summed E-state index contributed by atoms with van der Waals surface area (Å²) < 4.78 is 10.3. The minimum Gasteiger partial charge on any atom is -0.462 e. The zero-order chi connectivity index (χ0) is 16.9. The second-order valence-corrected chi connectivity index (χ2v) is 6.41. The van der Waals surface area contributed by atoms with Crippen molar-refractivity contribution in [1.82, 2.24) is 10.3 Å². The lowest BCUT2D eigenvalue weighted by Gasteiger charge is -2.26. The third-order valence-corrected chi connectivity index (χ3v) is 2.95. The van der Waals surface area contributed by atoms with Crippen LogP contribution in [0.2, 0.25) is 0 Å². The van der Waals surface area contributed by atoms with Gasteiger partial charge in [0.25, 0.3) is 0 Å². The maximum absolute atomic E-state index is 12.0. The van der Waals surface area contributed by atoms with Crippen molar-refractivity contribution in [2.45, 2.75) is 53.2 Å². The second kappa shape index (κ2) is 7.33. The van der Waals surface area contributed by atoms with E-state index in [2.05, 4.69) is 10.3 Å². The number of H-pyrrole nitrogens is 1. The lowest BCUT2D eigenvalue weighted by atomic mass is 9.95. The highest BCUT2D eigenvalue weighted by Gasteiger charge is 2.27. The van der Waals surface area contributed by atoms with Crippen LogP contribution in [-0.2, 0) is 9.47 Å². The number of esters is 1. The Morgan fingerprint density at radius 1 is 1.27 bits per heavy atom. The summed E-state index contributed by atoms with van der Waals surface area (Å²) >= 11 is 0. The van der Waals surface area contributed by atoms with Gasteiger partial charge in [0, 0.05) is 18.0 Å². The highest BCUT2D eigenvalue weighted by atomic mass is 16.6. The molecule has 1 aromatic heterocycles. The molecule has 0 unspecified atom stereocenters. The largest absolute Gasteiger partial charge is 0.462 e. The summed E-state index contributed by atoms with van der Waals surface area (Å²) in [4.78, 5) is 26.9. The van der Waals surface area contributed by atoms with Crippen molar-refractivity contribution >= 4 is 12.1 Å². The van der Waals surface area contributed by atoms with Gasteiger partial charge in [0.2, 0.25) is 0 Å². The summed E-state index contributed by atoms with van der Waals surface area (Å²) in [6, 6.07) is -0.347. The number of hydrogen-bond donors (Lipinski definition) is 2. The zero-order valence-electron chi connectivity index (χ0n) is 14.1. The van der Waals surface area contributed by atoms with Crippen molar-refractivity contribution in [2.24, 2.45) is 5.92 Å². The normalized spacial score (nSPS) is 12.9. The molecule has 2 N–H and O–H groups in total. The van der Waals surface area contributed by atoms with Gasteiger partial charge in [-0.3, -0.25) is 0 Å². The van der Waals surface area contributed by atoms with Gasteiger partial charge in [-0.25, -0.2) is 9.59 Å². The van der Waals surface area contributed by atoms with Crippen LogP contribution in [0.15, 0.2) is 12.4 Å². The fourth-order valence-electron chi connectivity index (χ4n) is 2.06. The summed E-state index contributed by atoms with van der Waals surface area (Å²) in [5, 5.41) is 2.82. The fourth-order valence-corrected chi connectivity index (χ4v) is 2.06. The Hall–Kier alpha value is -1.98. The van der Waals surface area contributed by atoms with Crippen molar-refractivity contribution in [3.05, 3.63) is 23.5 Å². The Morgan fingerprint density at radius 3 is 2.41 bits per heavy atom. The van der Waals surface area contributed by atoms with Crippen LogP contribution >= 0.6 is 0 Å². The number of ether oxygens (including phenoxy) is 2. The average Bonchev–Trinajstić information content (AvgIpc) is 2.82. The van der Waals surface area contributed by atoms with Gasteiger partial charge in [0.15, 0.2) is 0 Å². The molecular formula is C16H26N2O4. The van der Waals surface area contributed by atoms with Gasteiger partial charge in [0.05, 0.1) is 18.2 Å². The third-order valence-electron chi connectivity index (χ3n) is 2.95. The number of amides is 1. The van der Waals surface area contributed by atoms with Gasteiger partial charge in [-0.15, -0.1) is 0 Å². The highest BCUT2D eigenvalue weighted by Crippen LogP contribution is 2.26.